The van der Waals surface area contributed by atoms with E-state index < -0.39 is 21.3 Å². The monoisotopic (exact) mass is 496 g/mol. The van der Waals surface area contributed by atoms with Gasteiger partial charge in [0.15, 0.2) is 0 Å². The summed E-state index contributed by atoms with van der Waals surface area (Å²) in [5.74, 6) is 0. The average Bonchev–Trinajstić information content (AvgIpc) is 3.20. The summed E-state index contributed by atoms with van der Waals surface area (Å²) in [6, 6.07) is 0. The standard InChI is InChI=1S/C13H17.C9H13.C3H6.2ClH.Zr/c1-3-7-12-10(5-1)9-11-6-2-4-8-13(11)12;1-9(2,3)8-6-4-5-7-8;1-3-2;;;/h5H,1-4,6-9H2;6-7H,4H2,1-3H3;1-2H3;2*1H;/q;;;;;+2/p-2. The molecule has 4 aliphatic carbocycles. The number of allylic oxidation sites excluding steroid dienone is 8. The zero-order chi connectivity index (χ0) is 18.5. The van der Waals surface area contributed by atoms with Gasteiger partial charge in [0, 0.05) is 0 Å². The Labute approximate surface area is 193 Å². The van der Waals surface area contributed by atoms with Crippen molar-refractivity contribution >= 4 is 3.21 Å². The Bertz CT molecular complexity index is 780. The fourth-order valence-electron chi connectivity index (χ4n) is 5.81. The summed E-state index contributed by atoms with van der Waals surface area (Å²) in [5, 5.41) is 0. The van der Waals surface area contributed by atoms with Crippen molar-refractivity contribution in [3.05, 3.63) is 43.3 Å². The molecular weight excluding hydrogens is 462 g/mol. The van der Waals surface area contributed by atoms with Crippen LogP contribution >= 0.6 is 0 Å². The van der Waals surface area contributed by atoms with Crippen LogP contribution in [0.25, 0.3) is 0 Å². The SMILES string of the molecule is C[C](C)=[Zr+2]([C]1=CC(C(C)(C)C)=CC1)[CH]1CCCC2=C1CC1=C2CCCC1.[Cl-].[Cl-]. The third kappa shape index (κ3) is 4.63. The van der Waals surface area contributed by atoms with E-state index in [0.29, 0.717) is 5.41 Å². The quantitative estimate of drug-likeness (QED) is 0.543. The van der Waals surface area contributed by atoms with Gasteiger partial charge in [-0.05, 0) is 0 Å². The molecule has 1 atom stereocenters. The van der Waals surface area contributed by atoms with Crippen LogP contribution in [0.5, 0.6) is 0 Å². The zero-order valence-corrected chi connectivity index (χ0v) is 22.3. The summed E-state index contributed by atoms with van der Waals surface area (Å²) < 4.78 is 4.68. The van der Waals surface area contributed by atoms with Crippen molar-refractivity contribution in [1.29, 1.82) is 0 Å². The van der Waals surface area contributed by atoms with E-state index in [1.807, 2.05) is 28.8 Å². The molecule has 154 valence electrons. The van der Waals surface area contributed by atoms with Crippen LogP contribution in [0.4, 0.5) is 0 Å². The fraction of sp³-hybridized carbons (Fsp3) is 0.640. The minimum atomic E-state index is -1.75. The van der Waals surface area contributed by atoms with E-state index in [1.165, 1.54) is 57.8 Å². The Morgan fingerprint density at radius 3 is 2.29 bits per heavy atom. The molecule has 28 heavy (non-hydrogen) atoms. The van der Waals surface area contributed by atoms with Gasteiger partial charge in [0.1, 0.15) is 0 Å². The molecule has 0 aromatic heterocycles. The van der Waals surface area contributed by atoms with Crippen molar-refractivity contribution in [2.24, 2.45) is 5.41 Å². The van der Waals surface area contributed by atoms with E-state index in [4.69, 9.17) is 0 Å². The number of hydrogen-bond donors (Lipinski definition) is 0. The van der Waals surface area contributed by atoms with E-state index in [9.17, 15) is 0 Å². The molecule has 0 amide bonds. The molecule has 1 unspecified atom stereocenters. The Morgan fingerprint density at radius 1 is 0.964 bits per heavy atom. The molecule has 0 aliphatic heterocycles. The minimum absolute atomic E-state index is 0. The largest absolute Gasteiger partial charge is 1.00 e. The van der Waals surface area contributed by atoms with Crippen LogP contribution in [0.15, 0.2) is 43.3 Å². The molecule has 0 heterocycles. The van der Waals surface area contributed by atoms with Gasteiger partial charge >= 0.3 is 169 Å². The first-order valence-corrected chi connectivity index (χ1v) is 14.8. The molecule has 0 saturated carbocycles. The van der Waals surface area contributed by atoms with Crippen molar-refractivity contribution in [3.63, 3.8) is 0 Å². The second-order valence-electron chi connectivity index (χ2n) is 10.1. The normalized spacial score (nSPS) is 23.6. The third-order valence-corrected chi connectivity index (χ3v) is 15.5. The van der Waals surface area contributed by atoms with Gasteiger partial charge in [-0.25, -0.2) is 0 Å². The first-order valence-electron chi connectivity index (χ1n) is 10.9. The van der Waals surface area contributed by atoms with Gasteiger partial charge in [0.2, 0.25) is 0 Å². The maximum Gasteiger partial charge on any atom is -1.00 e. The Balaban J connectivity index is 0.00000140. The Morgan fingerprint density at radius 2 is 1.64 bits per heavy atom. The van der Waals surface area contributed by atoms with Gasteiger partial charge in [-0.2, -0.15) is 0 Å². The smallest absolute Gasteiger partial charge is 1.00 e. The van der Waals surface area contributed by atoms with Crippen molar-refractivity contribution < 1.29 is 46.1 Å². The molecule has 4 rings (SSSR count). The second kappa shape index (κ2) is 9.62. The van der Waals surface area contributed by atoms with E-state index in [2.05, 4.69) is 46.8 Å². The molecule has 0 aromatic rings. The zero-order valence-electron chi connectivity index (χ0n) is 18.4. The number of halogens is 2. The molecule has 0 saturated heterocycles. The van der Waals surface area contributed by atoms with E-state index in [1.54, 1.807) is 5.57 Å². The molecular formula is C25H36Cl2Zr. The first-order chi connectivity index (χ1) is 12.4. The van der Waals surface area contributed by atoms with Crippen LogP contribution in [0.2, 0.25) is 3.63 Å². The molecule has 0 spiro atoms. The summed E-state index contributed by atoms with van der Waals surface area (Å²) in [4.78, 5) is 0. The van der Waals surface area contributed by atoms with E-state index in [-0.39, 0.29) is 24.8 Å². The molecule has 3 heteroatoms. The van der Waals surface area contributed by atoms with E-state index in [0.717, 1.165) is 3.63 Å². The molecule has 0 fully saturated rings. The van der Waals surface area contributed by atoms with Gasteiger partial charge in [0.25, 0.3) is 0 Å². The number of fused-ring (bicyclic) bond motifs is 1. The summed E-state index contributed by atoms with van der Waals surface area (Å²) in [7, 11) is 0. The van der Waals surface area contributed by atoms with Crippen LogP contribution in [0.1, 0.15) is 92.4 Å². The molecule has 0 radical (unpaired) electrons. The van der Waals surface area contributed by atoms with Crippen LogP contribution < -0.4 is 24.8 Å². The molecule has 0 bridgehead atoms. The maximum absolute atomic E-state index is 2.65. The predicted molar refractivity (Wildman–Crippen MR) is 111 cm³/mol. The molecule has 0 N–H and O–H groups in total. The molecule has 4 aliphatic rings. The van der Waals surface area contributed by atoms with Crippen molar-refractivity contribution in [3.8, 4) is 0 Å². The molecule has 0 aromatic carbocycles. The third-order valence-electron chi connectivity index (χ3n) is 7.05. The molecule has 0 nitrogen and oxygen atoms in total. The Hall–Kier alpha value is 0.293. The average molecular weight is 499 g/mol. The number of rotatable bonds is 2. The van der Waals surface area contributed by atoms with Crippen LogP contribution in [0.3, 0.4) is 0 Å². The maximum atomic E-state index is 2.65. The van der Waals surface area contributed by atoms with Gasteiger partial charge in [-0.1, -0.05) is 0 Å². The summed E-state index contributed by atoms with van der Waals surface area (Å²) >= 11 is -1.75. The predicted octanol–water partition coefficient (Wildman–Crippen LogP) is 1.63. The van der Waals surface area contributed by atoms with Gasteiger partial charge < -0.3 is 24.8 Å². The number of hydrogen-bond acceptors (Lipinski definition) is 0. The Kier molecular flexibility index (Phi) is 8.44. The summed E-state index contributed by atoms with van der Waals surface area (Å²) in [6.07, 6.45) is 17.9. The van der Waals surface area contributed by atoms with Crippen molar-refractivity contribution in [1.82, 2.24) is 0 Å². The fourth-order valence-corrected chi connectivity index (χ4v) is 14.5. The van der Waals surface area contributed by atoms with Crippen LogP contribution in [-0.2, 0) is 21.3 Å². The van der Waals surface area contributed by atoms with Crippen LogP contribution in [0, 0.1) is 5.41 Å². The first kappa shape index (κ1) is 24.6. The van der Waals surface area contributed by atoms with Crippen molar-refractivity contribution in [2.75, 3.05) is 0 Å². The van der Waals surface area contributed by atoms with Gasteiger partial charge in [0.05, 0.1) is 0 Å². The summed E-state index contributed by atoms with van der Waals surface area (Å²) in [5.41, 5.74) is 9.44. The van der Waals surface area contributed by atoms with Crippen LogP contribution in [-0.4, -0.2) is 3.21 Å². The van der Waals surface area contributed by atoms with Gasteiger partial charge in [-0.15, -0.1) is 0 Å². The minimum Gasteiger partial charge on any atom is -1.00 e. The second-order valence-corrected chi connectivity index (χ2v) is 17.9. The van der Waals surface area contributed by atoms with E-state index >= 15 is 0 Å². The van der Waals surface area contributed by atoms with Gasteiger partial charge in [-0.3, -0.25) is 0 Å². The topological polar surface area (TPSA) is 0 Å². The van der Waals surface area contributed by atoms with Crippen molar-refractivity contribution in [2.45, 2.75) is 96.0 Å². The summed E-state index contributed by atoms with van der Waals surface area (Å²) in [6.45, 7) is 12.1.